The van der Waals surface area contributed by atoms with Gasteiger partial charge in [-0.3, -0.25) is 9.59 Å². The molecule has 1 atom stereocenters. The van der Waals surface area contributed by atoms with Crippen LogP contribution in [0.2, 0.25) is 0 Å². The molecule has 1 N–H and O–H groups in total. The Morgan fingerprint density at radius 3 is 2.68 bits per heavy atom. The van der Waals surface area contributed by atoms with Crippen LogP contribution in [-0.4, -0.2) is 35.0 Å². The lowest BCUT2D eigenvalue weighted by atomic mass is 9.91. The zero-order valence-corrected chi connectivity index (χ0v) is 11.9. The average molecular weight is 267 g/mol. The van der Waals surface area contributed by atoms with Gasteiger partial charge in [0, 0.05) is 24.9 Å². The number of hydrogen-bond donors (Lipinski definition) is 1. The lowest BCUT2D eigenvalue weighted by Gasteiger charge is -2.35. The minimum Gasteiger partial charge on any atom is -0.481 e. The molecule has 1 unspecified atom stereocenters. The van der Waals surface area contributed by atoms with Crippen LogP contribution in [0.4, 0.5) is 0 Å². The molecular formula is C15H25NO3. The third-order valence-corrected chi connectivity index (χ3v) is 4.61. The molecular weight excluding hydrogens is 242 g/mol. The molecule has 1 saturated carbocycles. The van der Waals surface area contributed by atoms with E-state index in [0.29, 0.717) is 18.2 Å². The van der Waals surface area contributed by atoms with Gasteiger partial charge in [0.25, 0.3) is 0 Å². The lowest BCUT2D eigenvalue weighted by Crippen LogP contribution is -2.43. The summed E-state index contributed by atoms with van der Waals surface area (Å²) in [5.74, 6) is -0.00584. The SMILES string of the molecule is CCCC1(C(=O)N2CCCC(CCC(=O)O)C2)CC1. The maximum atomic E-state index is 12.6. The standard InChI is InChI=1S/C15H25NO3/c1-2-7-15(8-9-15)14(19)16-10-3-4-12(11-16)5-6-13(17)18/h12H,2-11H2,1H3,(H,17,18). The number of likely N-dealkylation sites (tertiary alicyclic amines) is 1. The molecule has 0 aromatic heterocycles. The first-order valence-corrected chi connectivity index (χ1v) is 7.58. The molecule has 2 aliphatic rings. The van der Waals surface area contributed by atoms with E-state index in [1.165, 1.54) is 0 Å². The van der Waals surface area contributed by atoms with Crippen LogP contribution in [0.15, 0.2) is 0 Å². The van der Waals surface area contributed by atoms with E-state index in [-0.39, 0.29) is 11.8 Å². The van der Waals surface area contributed by atoms with E-state index in [0.717, 1.165) is 51.6 Å². The second-order valence-electron chi connectivity index (χ2n) is 6.22. The van der Waals surface area contributed by atoms with Gasteiger partial charge in [-0.25, -0.2) is 0 Å². The third-order valence-electron chi connectivity index (χ3n) is 4.61. The van der Waals surface area contributed by atoms with E-state index >= 15 is 0 Å². The van der Waals surface area contributed by atoms with Gasteiger partial charge < -0.3 is 10.0 Å². The number of aliphatic carboxylic acids is 1. The van der Waals surface area contributed by atoms with Gasteiger partial charge in [-0.2, -0.15) is 0 Å². The van der Waals surface area contributed by atoms with Gasteiger partial charge in [-0.05, 0) is 44.4 Å². The Morgan fingerprint density at radius 1 is 1.37 bits per heavy atom. The van der Waals surface area contributed by atoms with Crippen LogP contribution in [0.25, 0.3) is 0 Å². The Morgan fingerprint density at radius 2 is 2.11 bits per heavy atom. The fourth-order valence-corrected chi connectivity index (χ4v) is 3.35. The maximum Gasteiger partial charge on any atom is 0.303 e. The molecule has 0 radical (unpaired) electrons. The van der Waals surface area contributed by atoms with Crippen LogP contribution in [-0.2, 0) is 9.59 Å². The van der Waals surface area contributed by atoms with Crippen molar-refractivity contribution in [2.75, 3.05) is 13.1 Å². The minimum absolute atomic E-state index is 0.0383. The molecule has 1 saturated heterocycles. The van der Waals surface area contributed by atoms with Gasteiger partial charge in [0.2, 0.25) is 5.91 Å². The molecule has 2 fully saturated rings. The number of carbonyl (C=O) groups excluding carboxylic acids is 1. The molecule has 19 heavy (non-hydrogen) atoms. The molecule has 4 nitrogen and oxygen atoms in total. The van der Waals surface area contributed by atoms with Crippen molar-refractivity contribution in [3.05, 3.63) is 0 Å². The van der Waals surface area contributed by atoms with E-state index in [4.69, 9.17) is 5.11 Å². The molecule has 0 spiro atoms. The first-order valence-electron chi connectivity index (χ1n) is 7.58. The highest BCUT2D eigenvalue weighted by Crippen LogP contribution is 2.51. The van der Waals surface area contributed by atoms with Crippen molar-refractivity contribution in [2.45, 2.75) is 58.3 Å². The molecule has 1 heterocycles. The number of carboxylic acids is 1. The number of hydrogen-bond acceptors (Lipinski definition) is 2. The fourth-order valence-electron chi connectivity index (χ4n) is 3.35. The largest absolute Gasteiger partial charge is 0.481 e. The number of rotatable bonds is 6. The second-order valence-corrected chi connectivity index (χ2v) is 6.22. The topological polar surface area (TPSA) is 57.6 Å². The van der Waals surface area contributed by atoms with E-state index < -0.39 is 5.97 Å². The van der Waals surface area contributed by atoms with Crippen LogP contribution >= 0.6 is 0 Å². The van der Waals surface area contributed by atoms with E-state index in [1.54, 1.807) is 0 Å². The summed E-state index contributed by atoms with van der Waals surface area (Å²) in [6, 6.07) is 0. The van der Waals surface area contributed by atoms with Gasteiger partial charge in [0.1, 0.15) is 0 Å². The Kier molecular flexibility index (Phi) is 4.48. The second kappa shape index (κ2) is 5.93. The minimum atomic E-state index is -0.729. The quantitative estimate of drug-likeness (QED) is 0.805. The fraction of sp³-hybridized carbons (Fsp3) is 0.867. The number of nitrogens with zero attached hydrogens (tertiary/aromatic N) is 1. The molecule has 0 aromatic rings. The highest BCUT2D eigenvalue weighted by molar-refractivity contribution is 5.85. The van der Waals surface area contributed by atoms with Crippen molar-refractivity contribution in [3.63, 3.8) is 0 Å². The monoisotopic (exact) mass is 267 g/mol. The van der Waals surface area contributed by atoms with Crippen LogP contribution in [0, 0.1) is 11.3 Å². The van der Waals surface area contributed by atoms with Crippen molar-refractivity contribution in [2.24, 2.45) is 11.3 Å². The molecule has 0 bridgehead atoms. The lowest BCUT2D eigenvalue weighted by molar-refractivity contribution is -0.139. The number of carbonyl (C=O) groups is 2. The summed E-state index contributed by atoms with van der Waals surface area (Å²) in [4.78, 5) is 25.2. The molecule has 4 heteroatoms. The predicted molar refractivity (Wildman–Crippen MR) is 72.7 cm³/mol. The van der Waals surface area contributed by atoms with Crippen molar-refractivity contribution in [1.82, 2.24) is 4.90 Å². The molecule has 1 aliphatic heterocycles. The molecule has 1 amide bonds. The zero-order chi connectivity index (χ0) is 13.9. The smallest absolute Gasteiger partial charge is 0.303 e. The normalized spacial score (nSPS) is 25.1. The first-order chi connectivity index (χ1) is 9.07. The highest BCUT2D eigenvalue weighted by Gasteiger charge is 2.50. The third kappa shape index (κ3) is 3.48. The van der Waals surface area contributed by atoms with Gasteiger partial charge >= 0.3 is 5.97 Å². The highest BCUT2D eigenvalue weighted by atomic mass is 16.4. The van der Waals surface area contributed by atoms with E-state index in [1.807, 2.05) is 4.90 Å². The summed E-state index contributed by atoms with van der Waals surface area (Å²) in [7, 11) is 0. The predicted octanol–water partition coefficient (Wildman–Crippen LogP) is 2.67. The summed E-state index contributed by atoms with van der Waals surface area (Å²) in [5.41, 5.74) is -0.0383. The Hall–Kier alpha value is -1.06. The maximum absolute atomic E-state index is 12.6. The van der Waals surface area contributed by atoms with E-state index in [9.17, 15) is 9.59 Å². The van der Waals surface area contributed by atoms with E-state index in [2.05, 4.69) is 6.92 Å². The van der Waals surface area contributed by atoms with Crippen molar-refractivity contribution < 1.29 is 14.7 Å². The van der Waals surface area contributed by atoms with Crippen molar-refractivity contribution in [1.29, 1.82) is 0 Å². The van der Waals surface area contributed by atoms with Gasteiger partial charge in [-0.15, -0.1) is 0 Å². The Labute approximate surface area is 115 Å². The van der Waals surface area contributed by atoms with Crippen LogP contribution in [0.5, 0.6) is 0 Å². The Balaban J connectivity index is 1.86. The molecule has 2 rings (SSSR count). The Bertz CT molecular complexity index is 349. The number of carboxylic acid groups (broad SMARTS) is 1. The molecule has 1 aliphatic carbocycles. The summed E-state index contributed by atoms with van der Waals surface area (Å²) in [6.45, 7) is 3.78. The summed E-state index contributed by atoms with van der Waals surface area (Å²) in [6.07, 6.45) is 7.22. The van der Waals surface area contributed by atoms with Crippen molar-refractivity contribution >= 4 is 11.9 Å². The zero-order valence-electron chi connectivity index (χ0n) is 11.9. The van der Waals surface area contributed by atoms with Gasteiger partial charge in [-0.1, -0.05) is 13.3 Å². The summed E-state index contributed by atoms with van der Waals surface area (Å²) >= 11 is 0. The van der Waals surface area contributed by atoms with Crippen LogP contribution in [0.3, 0.4) is 0 Å². The van der Waals surface area contributed by atoms with Gasteiger partial charge in [0.05, 0.1) is 0 Å². The first kappa shape index (κ1) is 14.4. The van der Waals surface area contributed by atoms with Crippen LogP contribution < -0.4 is 0 Å². The molecule has 108 valence electrons. The average Bonchev–Trinajstić information content (AvgIpc) is 3.17. The van der Waals surface area contributed by atoms with Gasteiger partial charge in [0.15, 0.2) is 0 Å². The molecule has 0 aromatic carbocycles. The van der Waals surface area contributed by atoms with Crippen molar-refractivity contribution in [3.8, 4) is 0 Å². The number of piperidine rings is 1. The summed E-state index contributed by atoms with van der Waals surface area (Å²) < 4.78 is 0. The number of amides is 1. The van der Waals surface area contributed by atoms with Crippen LogP contribution in [0.1, 0.15) is 58.3 Å². The summed E-state index contributed by atoms with van der Waals surface area (Å²) in [5, 5.41) is 8.75.